The maximum Gasteiger partial charge on any atom is 0.164 e. The highest BCUT2D eigenvalue weighted by Gasteiger charge is 2.38. The van der Waals surface area contributed by atoms with Gasteiger partial charge < -0.3 is 9.13 Å². The van der Waals surface area contributed by atoms with E-state index in [9.17, 15) is 0 Å². The quantitative estimate of drug-likeness (QED) is 0.160. The molecule has 10 aromatic carbocycles. The molecular formula is C71H51N5. The summed E-state index contributed by atoms with van der Waals surface area (Å²) in [5.74, 6) is 2.36. The highest BCUT2D eigenvalue weighted by atomic mass is 15.0. The zero-order valence-corrected chi connectivity index (χ0v) is 42.5. The molecule has 0 bridgehead atoms. The van der Waals surface area contributed by atoms with Gasteiger partial charge in [-0.2, -0.15) is 0 Å². The summed E-state index contributed by atoms with van der Waals surface area (Å²) < 4.78 is 4.93. The molecular weight excluding hydrogens is 923 g/mol. The SMILES string of the molecule is CC1C=C(n2c3ccccc3c3cc(-c4ccc5c(c4)c4cc6c(cc4n5-c4cc(-c5ccccc5)cc(-c5nc(-c7ccccc7)nc(-c7ccccc7)n5)c4)C(C)(C)c4c-6ccc5ccccc45)ccc32)C=CC1. The molecule has 0 N–H and O–H groups in total. The fraction of sp³-hybridized carbons (Fsp3) is 0.0845. The van der Waals surface area contributed by atoms with Crippen LogP contribution in [0.1, 0.15) is 38.3 Å². The highest BCUT2D eigenvalue weighted by Crippen LogP contribution is 2.54. The normalized spacial score (nSPS) is 14.7. The predicted molar refractivity (Wildman–Crippen MR) is 317 cm³/mol. The fourth-order valence-electron chi connectivity index (χ4n) is 12.6. The van der Waals surface area contributed by atoms with Crippen LogP contribution in [0.25, 0.3) is 133 Å². The number of benzene rings is 10. The Labute approximate surface area is 441 Å². The number of allylic oxidation sites excluding steroid dienone is 4. The molecule has 0 spiro atoms. The van der Waals surface area contributed by atoms with Crippen molar-refractivity contribution >= 4 is 60.1 Å². The van der Waals surface area contributed by atoms with Crippen LogP contribution in [0.2, 0.25) is 0 Å². The van der Waals surface area contributed by atoms with Crippen molar-refractivity contribution in [2.24, 2.45) is 5.92 Å². The molecule has 1 atom stereocenters. The third-order valence-electron chi connectivity index (χ3n) is 16.2. The summed E-state index contributed by atoms with van der Waals surface area (Å²) in [6.45, 7) is 7.11. The summed E-state index contributed by atoms with van der Waals surface area (Å²) >= 11 is 0. The molecule has 13 aromatic rings. The van der Waals surface area contributed by atoms with Crippen molar-refractivity contribution in [3.05, 3.63) is 248 Å². The average molecular weight is 974 g/mol. The summed E-state index contributed by atoms with van der Waals surface area (Å²) in [6, 6.07) is 79.5. The first kappa shape index (κ1) is 44.1. The van der Waals surface area contributed by atoms with Crippen molar-refractivity contribution in [3.63, 3.8) is 0 Å². The molecule has 5 heteroatoms. The van der Waals surface area contributed by atoms with Crippen molar-refractivity contribution in [1.82, 2.24) is 24.1 Å². The van der Waals surface area contributed by atoms with E-state index in [4.69, 9.17) is 15.0 Å². The molecule has 0 saturated carbocycles. The molecule has 3 aromatic heterocycles. The van der Waals surface area contributed by atoms with Gasteiger partial charge in [0, 0.05) is 55.0 Å². The van der Waals surface area contributed by atoms with Gasteiger partial charge in [-0.1, -0.05) is 191 Å². The number of para-hydroxylation sites is 1. The summed E-state index contributed by atoms with van der Waals surface area (Å²) in [7, 11) is 0. The highest BCUT2D eigenvalue weighted by molar-refractivity contribution is 6.15. The fourth-order valence-corrected chi connectivity index (χ4v) is 12.6. The van der Waals surface area contributed by atoms with Crippen LogP contribution in [0.4, 0.5) is 0 Å². The first-order valence-corrected chi connectivity index (χ1v) is 26.5. The second kappa shape index (κ2) is 17.1. The number of nitrogens with zero attached hydrogens (tertiary/aromatic N) is 5. The molecule has 15 rings (SSSR count). The lowest BCUT2D eigenvalue weighted by Gasteiger charge is -2.23. The minimum atomic E-state index is -0.258. The van der Waals surface area contributed by atoms with Gasteiger partial charge in [0.15, 0.2) is 17.5 Å². The number of hydrogen-bond donors (Lipinski definition) is 0. The van der Waals surface area contributed by atoms with Crippen LogP contribution in [-0.2, 0) is 5.41 Å². The van der Waals surface area contributed by atoms with E-state index in [-0.39, 0.29) is 5.41 Å². The molecule has 360 valence electrons. The van der Waals surface area contributed by atoms with Gasteiger partial charge in [-0.05, 0) is 134 Å². The van der Waals surface area contributed by atoms with Crippen LogP contribution in [0.5, 0.6) is 0 Å². The van der Waals surface area contributed by atoms with Gasteiger partial charge >= 0.3 is 0 Å². The molecule has 0 saturated heterocycles. The maximum absolute atomic E-state index is 5.27. The topological polar surface area (TPSA) is 48.5 Å². The Kier molecular flexibility index (Phi) is 9.89. The standard InChI is InChI=1S/C71H51N5/c1-44-18-17-26-53(36-44)75-63-29-16-15-28-56(63)59-40-49(31-34-64(59)75)50-32-35-65-60(41-50)61-42-58-57-33-30-46-21-13-14-27-55(46)67(57)71(2,3)62(58)43-66(61)76(65)54-38-51(45-19-7-4-8-20-45)37-52(39-54)70-73-68(47-22-9-5-10-23-47)72-69(74-70)48-24-11-6-12-25-48/h4-17,19-44H,18H2,1-3H3. The van der Waals surface area contributed by atoms with E-state index in [0.29, 0.717) is 23.4 Å². The Morgan fingerprint density at radius 2 is 0.961 bits per heavy atom. The van der Waals surface area contributed by atoms with E-state index >= 15 is 0 Å². The molecule has 0 amide bonds. The first-order chi connectivity index (χ1) is 37.3. The van der Waals surface area contributed by atoms with Gasteiger partial charge in [-0.15, -0.1) is 0 Å². The zero-order chi connectivity index (χ0) is 50.6. The van der Waals surface area contributed by atoms with E-state index < -0.39 is 0 Å². The Balaban J connectivity index is 0.987. The molecule has 2 aliphatic rings. The summed E-state index contributed by atoms with van der Waals surface area (Å²) in [5.41, 5.74) is 19.4. The van der Waals surface area contributed by atoms with Crippen molar-refractivity contribution < 1.29 is 0 Å². The van der Waals surface area contributed by atoms with Gasteiger partial charge in [0.25, 0.3) is 0 Å². The van der Waals surface area contributed by atoms with Crippen LogP contribution in [-0.4, -0.2) is 24.1 Å². The number of aromatic nitrogens is 5. The number of fused-ring (bicyclic) bond motifs is 11. The van der Waals surface area contributed by atoms with E-state index in [1.807, 2.05) is 36.4 Å². The Bertz CT molecular complexity index is 4520. The zero-order valence-electron chi connectivity index (χ0n) is 42.5. The minimum absolute atomic E-state index is 0.258. The predicted octanol–water partition coefficient (Wildman–Crippen LogP) is 18.3. The second-order valence-electron chi connectivity index (χ2n) is 21.3. The van der Waals surface area contributed by atoms with Crippen molar-refractivity contribution in [1.29, 1.82) is 0 Å². The van der Waals surface area contributed by atoms with E-state index in [1.54, 1.807) is 0 Å². The Morgan fingerprint density at radius 3 is 1.64 bits per heavy atom. The molecule has 0 fully saturated rings. The summed E-state index contributed by atoms with van der Waals surface area (Å²) in [5, 5.41) is 7.49. The lowest BCUT2D eigenvalue weighted by molar-refractivity contribution is 0.667. The molecule has 2 aliphatic carbocycles. The van der Waals surface area contributed by atoms with Crippen LogP contribution < -0.4 is 0 Å². The third kappa shape index (κ3) is 6.96. The average Bonchev–Trinajstić information content (AvgIpc) is 4.24. The molecule has 0 aliphatic heterocycles. The van der Waals surface area contributed by atoms with Crippen molar-refractivity contribution in [3.8, 4) is 73.2 Å². The van der Waals surface area contributed by atoms with Crippen molar-refractivity contribution in [2.45, 2.75) is 32.6 Å². The molecule has 0 radical (unpaired) electrons. The van der Waals surface area contributed by atoms with E-state index in [1.165, 1.54) is 82.4 Å². The molecule has 5 nitrogen and oxygen atoms in total. The minimum Gasteiger partial charge on any atom is -0.310 e. The lowest BCUT2D eigenvalue weighted by atomic mass is 9.80. The van der Waals surface area contributed by atoms with Gasteiger partial charge in [-0.3, -0.25) is 0 Å². The smallest absolute Gasteiger partial charge is 0.164 e. The number of rotatable bonds is 7. The van der Waals surface area contributed by atoms with Crippen LogP contribution in [0.15, 0.2) is 237 Å². The van der Waals surface area contributed by atoms with Crippen LogP contribution >= 0.6 is 0 Å². The molecule has 76 heavy (non-hydrogen) atoms. The van der Waals surface area contributed by atoms with E-state index in [2.05, 4.69) is 230 Å². The third-order valence-corrected chi connectivity index (χ3v) is 16.2. The summed E-state index contributed by atoms with van der Waals surface area (Å²) in [4.78, 5) is 15.6. The van der Waals surface area contributed by atoms with Gasteiger partial charge in [0.2, 0.25) is 0 Å². The van der Waals surface area contributed by atoms with Crippen LogP contribution in [0, 0.1) is 5.92 Å². The molecule has 1 unspecified atom stereocenters. The Hall–Kier alpha value is -9.45. The largest absolute Gasteiger partial charge is 0.310 e. The lowest BCUT2D eigenvalue weighted by Crippen LogP contribution is -2.15. The van der Waals surface area contributed by atoms with Gasteiger partial charge in [0.05, 0.1) is 22.1 Å². The van der Waals surface area contributed by atoms with Crippen molar-refractivity contribution in [2.75, 3.05) is 0 Å². The first-order valence-electron chi connectivity index (χ1n) is 26.5. The maximum atomic E-state index is 5.27. The van der Waals surface area contributed by atoms with Crippen LogP contribution in [0.3, 0.4) is 0 Å². The van der Waals surface area contributed by atoms with Gasteiger partial charge in [0.1, 0.15) is 0 Å². The molecule has 3 heterocycles. The summed E-state index contributed by atoms with van der Waals surface area (Å²) in [6.07, 6.45) is 8.08. The monoisotopic (exact) mass is 973 g/mol. The second-order valence-corrected chi connectivity index (χ2v) is 21.3. The van der Waals surface area contributed by atoms with Gasteiger partial charge in [-0.25, -0.2) is 15.0 Å². The Morgan fingerprint density at radius 1 is 0.408 bits per heavy atom. The number of hydrogen-bond acceptors (Lipinski definition) is 3. The van der Waals surface area contributed by atoms with E-state index in [0.717, 1.165) is 51.0 Å².